The van der Waals surface area contributed by atoms with E-state index in [0.717, 1.165) is 11.1 Å². The normalized spacial score (nSPS) is 15.1. The van der Waals surface area contributed by atoms with Crippen LogP contribution < -0.4 is 21.7 Å². The molecule has 4 rings (SSSR count). The van der Waals surface area contributed by atoms with Crippen LogP contribution in [-0.4, -0.2) is 50.9 Å². The third-order valence-corrected chi connectivity index (χ3v) is 5.73. The molecule has 1 aliphatic heterocycles. The first-order valence-electron chi connectivity index (χ1n) is 12.4. The Hall–Kier alpha value is -4.51. The van der Waals surface area contributed by atoms with Gasteiger partial charge in [0.15, 0.2) is 0 Å². The number of carbonyl (C=O) groups excluding carboxylic acids is 2. The van der Waals surface area contributed by atoms with Crippen molar-refractivity contribution < 1.29 is 19.5 Å². The molecule has 200 valence electrons. The van der Waals surface area contributed by atoms with Crippen molar-refractivity contribution in [1.82, 2.24) is 20.2 Å². The number of aromatic nitrogens is 2. The van der Waals surface area contributed by atoms with E-state index in [9.17, 15) is 19.5 Å². The molecule has 0 saturated carbocycles. The number of anilines is 1. The number of hydrogen-bond donors (Lipinski definition) is 5. The molecule has 2 heterocycles. The van der Waals surface area contributed by atoms with Crippen molar-refractivity contribution >= 4 is 29.9 Å². The number of hydrogen-bond acceptors (Lipinski definition) is 7. The van der Waals surface area contributed by atoms with E-state index in [1.54, 1.807) is 28.8 Å². The summed E-state index contributed by atoms with van der Waals surface area (Å²) in [5, 5.41) is 18.0. The lowest BCUT2D eigenvalue weighted by Gasteiger charge is -2.22. The number of aliphatic carboxylic acids is 1. The van der Waals surface area contributed by atoms with Gasteiger partial charge < -0.3 is 31.4 Å². The molecular weight excluding hydrogens is 486 g/mol. The summed E-state index contributed by atoms with van der Waals surface area (Å²) < 4.78 is 1.57. The summed E-state index contributed by atoms with van der Waals surface area (Å²) in [6.07, 6.45) is 2.59. The van der Waals surface area contributed by atoms with Gasteiger partial charge in [-0.25, -0.2) is 9.78 Å². The topological polar surface area (TPSA) is 164 Å². The average Bonchev–Trinajstić information content (AvgIpc) is 3.34. The quantitative estimate of drug-likeness (QED) is 0.273. The first-order chi connectivity index (χ1) is 18.4. The standard InChI is InChI=1S/C25H27N7O4.C2H6/c26-22-21-23(28-14-27-22)32(15-29-21)13-20(33)30-18(11-16-7-3-1-4-8-16)24(34)31-19(25(35)36)12-17-9-5-2-6-10-17;1-2/h1-10,14-15,18-19,22H,11-13,26H2,(H,27,28)(H,30,33)(H,31,34)(H,35,36);1-2H3. The number of rotatable bonds is 10. The molecule has 0 fully saturated rings. The molecule has 3 aromatic rings. The van der Waals surface area contributed by atoms with Gasteiger partial charge in [0.05, 0.1) is 12.7 Å². The molecule has 3 atom stereocenters. The second kappa shape index (κ2) is 13.7. The Morgan fingerprint density at radius 3 is 2.13 bits per heavy atom. The van der Waals surface area contributed by atoms with Crippen LogP contribution in [0.1, 0.15) is 36.8 Å². The van der Waals surface area contributed by atoms with Gasteiger partial charge in [-0.15, -0.1) is 0 Å². The number of benzene rings is 2. The Kier molecular flexibility index (Phi) is 10.1. The van der Waals surface area contributed by atoms with Gasteiger partial charge in [0.25, 0.3) is 0 Å². The maximum absolute atomic E-state index is 13.2. The summed E-state index contributed by atoms with van der Waals surface area (Å²) in [7, 11) is 0. The van der Waals surface area contributed by atoms with Crippen LogP contribution in [0.3, 0.4) is 0 Å². The van der Waals surface area contributed by atoms with E-state index in [4.69, 9.17) is 5.73 Å². The summed E-state index contributed by atoms with van der Waals surface area (Å²) in [4.78, 5) is 46.3. The molecule has 0 spiro atoms. The molecule has 6 N–H and O–H groups in total. The van der Waals surface area contributed by atoms with Gasteiger partial charge in [0.2, 0.25) is 11.8 Å². The lowest BCUT2D eigenvalue weighted by atomic mass is 10.0. The number of nitrogens with two attached hydrogens (primary N) is 1. The lowest BCUT2D eigenvalue weighted by molar-refractivity contribution is -0.142. The average molecular weight is 520 g/mol. The molecule has 0 aliphatic carbocycles. The van der Waals surface area contributed by atoms with Crippen LogP contribution in [0.15, 0.2) is 72.0 Å². The van der Waals surface area contributed by atoms with E-state index in [1.165, 1.54) is 12.7 Å². The summed E-state index contributed by atoms with van der Waals surface area (Å²) in [6.45, 7) is 3.88. The zero-order valence-electron chi connectivity index (χ0n) is 21.4. The zero-order valence-corrected chi connectivity index (χ0v) is 21.4. The molecule has 1 aromatic heterocycles. The largest absolute Gasteiger partial charge is 0.480 e. The Bertz CT molecular complexity index is 1240. The van der Waals surface area contributed by atoms with Crippen LogP contribution in [-0.2, 0) is 33.8 Å². The molecule has 1 aliphatic rings. The predicted molar refractivity (Wildman–Crippen MR) is 144 cm³/mol. The smallest absolute Gasteiger partial charge is 0.326 e. The molecule has 11 nitrogen and oxygen atoms in total. The Morgan fingerprint density at radius 2 is 1.55 bits per heavy atom. The Balaban J connectivity index is 0.00000195. The number of nitrogens with zero attached hydrogens (tertiary/aromatic N) is 3. The number of carboxylic acids is 1. The van der Waals surface area contributed by atoms with E-state index >= 15 is 0 Å². The van der Waals surface area contributed by atoms with Crippen LogP contribution in [0, 0.1) is 0 Å². The van der Waals surface area contributed by atoms with Crippen molar-refractivity contribution in [2.75, 3.05) is 5.32 Å². The third-order valence-electron chi connectivity index (χ3n) is 5.73. The fourth-order valence-corrected chi connectivity index (χ4v) is 3.92. The van der Waals surface area contributed by atoms with E-state index in [-0.39, 0.29) is 19.4 Å². The Labute approximate surface area is 221 Å². The zero-order chi connectivity index (χ0) is 27.5. The summed E-state index contributed by atoms with van der Waals surface area (Å²) in [6, 6.07) is 16.1. The second-order valence-corrected chi connectivity index (χ2v) is 8.37. The number of carbonyl (C=O) groups is 3. The molecule has 3 unspecified atom stereocenters. The highest BCUT2D eigenvalue weighted by atomic mass is 16.4. The molecular formula is C27H33N7O4. The maximum atomic E-state index is 13.2. The summed E-state index contributed by atoms with van der Waals surface area (Å²) >= 11 is 0. The summed E-state index contributed by atoms with van der Waals surface area (Å²) in [5.41, 5.74) is 8.00. The van der Waals surface area contributed by atoms with Gasteiger partial charge >= 0.3 is 5.97 Å². The highest BCUT2D eigenvalue weighted by molar-refractivity contribution is 5.91. The van der Waals surface area contributed by atoms with Gasteiger partial charge in [-0.2, -0.15) is 0 Å². The van der Waals surface area contributed by atoms with Gasteiger partial charge in [0.1, 0.15) is 36.3 Å². The number of amides is 2. The van der Waals surface area contributed by atoms with Gasteiger partial charge in [-0.05, 0) is 11.1 Å². The van der Waals surface area contributed by atoms with E-state index < -0.39 is 36.0 Å². The fourth-order valence-electron chi connectivity index (χ4n) is 3.92. The lowest BCUT2D eigenvalue weighted by Crippen LogP contribution is -2.53. The number of nitrogens with one attached hydrogen (secondary N) is 3. The number of imidazole rings is 1. The van der Waals surface area contributed by atoms with Crippen LogP contribution >= 0.6 is 0 Å². The minimum absolute atomic E-state index is 0.114. The van der Waals surface area contributed by atoms with Gasteiger partial charge in [-0.3, -0.25) is 14.6 Å². The molecule has 2 amide bonds. The molecule has 11 heteroatoms. The molecule has 0 saturated heterocycles. The monoisotopic (exact) mass is 519 g/mol. The highest BCUT2D eigenvalue weighted by Gasteiger charge is 2.28. The minimum atomic E-state index is -1.16. The third kappa shape index (κ3) is 7.50. The van der Waals surface area contributed by atoms with Crippen molar-refractivity contribution in [1.29, 1.82) is 0 Å². The maximum Gasteiger partial charge on any atom is 0.326 e. The van der Waals surface area contributed by atoms with Gasteiger partial charge in [0, 0.05) is 12.8 Å². The van der Waals surface area contributed by atoms with E-state index in [0.29, 0.717) is 11.5 Å². The highest BCUT2D eigenvalue weighted by Crippen LogP contribution is 2.23. The van der Waals surface area contributed by atoms with E-state index in [1.807, 2.05) is 50.2 Å². The van der Waals surface area contributed by atoms with Crippen molar-refractivity contribution in [2.45, 2.75) is 51.5 Å². The summed E-state index contributed by atoms with van der Waals surface area (Å²) in [5.74, 6) is -1.65. The van der Waals surface area contributed by atoms with Crippen molar-refractivity contribution in [3.05, 3.63) is 83.8 Å². The van der Waals surface area contributed by atoms with Crippen molar-refractivity contribution in [3.8, 4) is 0 Å². The molecule has 38 heavy (non-hydrogen) atoms. The first kappa shape index (κ1) is 28.1. The number of aliphatic imine (C=N–C) groups is 1. The molecule has 0 radical (unpaired) electrons. The second-order valence-electron chi connectivity index (χ2n) is 8.37. The fraction of sp³-hybridized carbons (Fsp3) is 0.296. The van der Waals surface area contributed by atoms with Crippen LogP contribution in [0.25, 0.3) is 0 Å². The van der Waals surface area contributed by atoms with Crippen molar-refractivity contribution in [2.24, 2.45) is 10.7 Å². The molecule has 0 bridgehead atoms. The van der Waals surface area contributed by atoms with Crippen LogP contribution in [0.2, 0.25) is 0 Å². The number of fused-ring (bicyclic) bond motifs is 1. The number of carboxylic acid groups (broad SMARTS) is 1. The van der Waals surface area contributed by atoms with Gasteiger partial charge in [-0.1, -0.05) is 74.5 Å². The molecule has 2 aromatic carbocycles. The minimum Gasteiger partial charge on any atom is -0.480 e. The SMILES string of the molecule is CC.NC1N=CNc2c1ncn2CC(=O)NC(Cc1ccccc1)C(=O)NC(Cc1ccccc1)C(=O)O. The van der Waals surface area contributed by atoms with Crippen molar-refractivity contribution in [3.63, 3.8) is 0 Å². The van der Waals surface area contributed by atoms with Crippen LogP contribution in [0.4, 0.5) is 5.82 Å². The predicted octanol–water partition coefficient (Wildman–Crippen LogP) is 1.86. The van der Waals surface area contributed by atoms with Crippen LogP contribution in [0.5, 0.6) is 0 Å². The van der Waals surface area contributed by atoms with E-state index in [2.05, 4.69) is 25.9 Å². The Morgan fingerprint density at radius 1 is 0.974 bits per heavy atom. The first-order valence-corrected chi connectivity index (χ1v) is 12.4.